The van der Waals surface area contributed by atoms with Crippen molar-refractivity contribution in [1.82, 2.24) is 4.90 Å². The largest absolute Gasteiger partial charge is 0.298 e. The number of hydrogen-bond acceptors (Lipinski definition) is 3. The first-order valence-electron chi connectivity index (χ1n) is 6.16. The lowest BCUT2D eigenvalue weighted by atomic mass is 9.95. The van der Waals surface area contributed by atoms with Gasteiger partial charge in [-0.25, -0.2) is 8.42 Å². The molecule has 1 rings (SSSR count). The summed E-state index contributed by atoms with van der Waals surface area (Å²) in [5.41, 5.74) is 0. The van der Waals surface area contributed by atoms with Crippen LogP contribution in [0, 0.1) is 5.92 Å². The molecule has 16 heavy (non-hydrogen) atoms. The Morgan fingerprint density at radius 2 is 1.62 bits per heavy atom. The van der Waals surface area contributed by atoms with Gasteiger partial charge in [0, 0.05) is 24.9 Å². The number of nitrogens with zero attached hydrogens (tertiary/aromatic N) is 1. The van der Waals surface area contributed by atoms with Crippen LogP contribution in [0.15, 0.2) is 0 Å². The summed E-state index contributed by atoms with van der Waals surface area (Å²) in [4.78, 5) is 2.45. The van der Waals surface area contributed by atoms with Crippen LogP contribution in [0.25, 0.3) is 0 Å². The molecule has 0 N–H and O–H groups in total. The molecule has 0 amide bonds. The van der Waals surface area contributed by atoms with Gasteiger partial charge in [-0.15, -0.1) is 0 Å². The normalized spacial score (nSPS) is 33.2. The molecular weight excluding hydrogens is 222 g/mol. The van der Waals surface area contributed by atoms with E-state index in [9.17, 15) is 8.42 Å². The fourth-order valence-corrected chi connectivity index (χ4v) is 3.95. The summed E-state index contributed by atoms with van der Waals surface area (Å²) < 4.78 is 23.2. The van der Waals surface area contributed by atoms with Crippen LogP contribution in [0.1, 0.15) is 40.5 Å². The molecule has 1 unspecified atom stereocenters. The molecule has 0 radical (unpaired) electrons. The molecule has 0 aromatic rings. The van der Waals surface area contributed by atoms with E-state index in [-0.39, 0.29) is 5.25 Å². The van der Waals surface area contributed by atoms with Gasteiger partial charge in [0.1, 0.15) is 9.84 Å². The summed E-state index contributed by atoms with van der Waals surface area (Å²) in [6.07, 6.45) is 2.95. The lowest BCUT2D eigenvalue weighted by Gasteiger charge is -2.42. The third kappa shape index (κ3) is 3.45. The molecule has 0 aromatic carbocycles. The van der Waals surface area contributed by atoms with Crippen molar-refractivity contribution < 1.29 is 8.42 Å². The zero-order chi connectivity index (χ0) is 12.5. The van der Waals surface area contributed by atoms with Crippen molar-refractivity contribution in [3.05, 3.63) is 0 Å². The zero-order valence-electron chi connectivity index (χ0n) is 11.1. The molecule has 0 aliphatic carbocycles. The summed E-state index contributed by atoms with van der Waals surface area (Å²) in [5, 5.41) is -0.138. The Labute approximate surface area is 100 Å². The maximum absolute atomic E-state index is 11.6. The van der Waals surface area contributed by atoms with Gasteiger partial charge in [0.15, 0.2) is 0 Å². The highest BCUT2D eigenvalue weighted by Crippen LogP contribution is 2.27. The zero-order valence-corrected chi connectivity index (χ0v) is 11.9. The number of likely N-dealkylation sites (tertiary alicyclic amines) is 1. The molecule has 1 fully saturated rings. The first-order chi connectivity index (χ1) is 7.21. The molecular formula is C12H25NO2S. The van der Waals surface area contributed by atoms with Crippen molar-refractivity contribution in [3.8, 4) is 0 Å². The summed E-state index contributed by atoms with van der Waals surface area (Å²) in [7, 11) is -2.87. The minimum atomic E-state index is -2.87. The Kier molecular flexibility index (Phi) is 4.41. The van der Waals surface area contributed by atoms with E-state index >= 15 is 0 Å². The van der Waals surface area contributed by atoms with Gasteiger partial charge in [-0.05, 0) is 32.6 Å². The van der Waals surface area contributed by atoms with Crippen molar-refractivity contribution in [3.63, 3.8) is 0 Å². The quantitative estimate of drug-likeness (QED) is 0.765. The molecule has 3 atom stereocenters. The maximum atomic E-state index is 11.6. The van der Waals surface area contributed by atoms with Crippen LogP contribution in [0.2, 0.25) is 0 Å². The molecule has 3 nitrogen and oxygen atoms in total. The van der Waals surface area contributed by atoms with Crippen molar-refractivity contribution in [2.45, 2.75) is 57.9 Å². The van der Waals surface area contributed by atoms with E-state index in [4.69, 9.17) is 0 Å². The maximum Gasteiger partial charge on any atom is 0.150 e. The minimum absolute atomic E-state index is 0.138. The topological polar surface area (TPSA) is 37.4 Å². The Bertz CT molecular complexity index is 312. The summed E-state index contributed by atoms with van der Waals surface area (Å²) >= 11 is 0. The van der Waals surface area contributed by atoms with Crippen molar-refractivity contribution >= 4 is 9.84 Å². The second-order valence-corrected chi connectivity index (χ2v) is 8.04. The van der Waals surface area contributed by atoms with E-state index in [0.717, 1.165) is 19.4 Å². The Hall–Kier alpha value is -0.0900. The van der Waals surface area contributed by atoms with E-state index < -0.39 is 9.84 Å². The van der Waals surface area contributed by atoms with Gasteiger partial charge in [-0.1, -0.05) is 13.8 Å². The fourth-order valence-electron chi connectivity index (χ4n) is 2.69. The number of piperidine rings is 1. The van der Waals surface area contributed by atoms with Gasteiger partial charge >= 0.3 is 0 Å². The standard InChI is InChI=1S/C12H25NO2S/c1-9(2)8-13-10(3)6-12(7-11(13)4)16(5,14)15/h9-12H,6-8H2,1-5H3/t10-,11+,12?. The fraction of sp³-hybridized carbons (Fsp3) is 1.00. The van der Waals surface area contributed by atoms with E-state index in [2.05, 4.69) is 32.6 Å². The van der Waals surface area contributed by atoms with Crippen LogP contribution in [-0.4, -0.2) is 43.5 Å². The minimum Gasteiger partial charge on any atom is -0.298 e. The number of rotatable bonds is 3. The first-order valence-corrected chi connectivity index (χ1v) is 8.12. The Balaban J connectivity index is 2.71. The highest BCUT2D eigenvalue weighted by molar-refractivity contribution is 7.91. The molecule has 0 aromatic heterocycles. The highest BCUT2D eigenvalue weighted by atomic mass is 32.2. The summed E-state index contributed by atoms with van der Waals surface area (Å²) in [6, 6.07) is 0.761. The van der Waals surface area contributed by atoms with E-state index in [1.807, 2.05) is 0 Å². The Morgan fingerprint density at radius 3 is 1.94 bits per heavy atom. The smallest absolute Gasteiger partial charge is 0.150 e. The second-order valence-electron chi connectivity index (χ2n) is 5.71. The Morgan fingerprint density at radius 1 is 1.19 bits per heavy atom. The lowest BCUT2D eigenvalue weighted by molar-refractivity contribution is 0.0915. The van der Waals surface area contributed by atoms with Crippen molar-refractivity contribution in [1.29, 1.82) is 0 Å². The predicted molar refractivity (Wildman–Crippen MR) is 68.3 cm³/mol. The van der Waals surface area contributed by atoms with Crippen LogP contribution in [0.3, 0.4) is 0 Å². The molecule has 0 bridgehead atoms. The number of hydrogen-bond donors (Lipinski definition) is 0. The van der Waals surface area contributed by atoms with E-state index in [1.165, 1.54) is 6.26 Å². The molecule has 96 valence electrons. The predicted octanol–water partition coefficient (Wildman–Crippen LogP) is 1.93. The van der Waals surface area contributed by atoms with E-state index in [1.54, 1.807) is 0 Å². The summed E-state index contributed by atoms with van der Waals surface area (Å²) in [6.45, 7) is 9.79. The van der Waals surface area contributed by atoms with Gasteiger partial charge in [-0.2, -0.15) is 0 Å². The molecule has 1 aliphatic heterocycles. The van der Waals surface area contributed by atoms with Crippen LogP contribution in [0.4, 0.5) is 0 Å². The first kappa shape index (κ1) is 14.0. The average Bonchev–Trinajstić information content (AvgIpc) is 2.09. The lowest BCUT2D eigenvalue weighted by Crippen LogP contribution is -2.51. The van der Waals surface area contributed by atoms with Gasteiger partial charge < -0.3 is 0 Å². The van der Waals surface area contributed by atoms with Gasteiger partial charge in [0.05, 0.1) is 5.25 Å². The highest BCUT2D eigenvalue weighted by Gasteiger charge is 2.35. The molecule has 4 heteroatoms. The van der Waals surface area contributed by atoms with Crippen LogP contribution < -0.4 is 0 Å². The molecule has 1 saturated heterocycles. The third-order valence-electron chi connectivity index (χ3n) is 3.52. The van der Waals surface area contributed by atoms with Crippen molar-refractivity contribution in [2.24, 2.45) is 5.92 Å². The van der Waals surface area contributed by atoms with Gasteiger partial charge in [0.2, 0.25) is 0 Å². The number of sulfone groups is 1. The molecule has 0 spiro atoms. The third-order valence-corrected chi connectivity index (χ3v) is 5.12. The summed E-state index contributed by atoms with van der Waals surface area (Å²) in [5.74, 6) is 0.639. The molecule has 0 saturated carbocycles. The van der Waals surface area contributed by atoms with E-state index in [0.29, 0.717) is 18.0 Å². The monoisotopic (exact) mass is 247 g/mol. The van der Waals surface area contributed by atoms with Crippen LogP contribution >= 0.6 is 0 Å². The molecule has 1 aliphatic rings. The molecule has 1 heterocycles. The van der Waals surface area contributed by atoms with Crippen molar-refractivity contribution in [2.75, 3.05) is 12.8 Å². The van der Waals surface area contributed by atoms with Crippen LogP contribution in [0.5, 0.6) is 0 Å². The van der Waals surface area contributed by atoms with Crippen LogP contribution in [-0.2, 0) is 9.84 Å². The SMILES string of the molecule is CC(C)CN1[C@H](C)CC(S(C)(=O)=O)C[C@@H]1C. The second kappa shape index (κ2) is 5.05. The average molecular weight is 247 g/mol. The van der Waals surface area contributed by atoms with Gasteiger partial charge in [-0.3, -0.25) is 4.90 Å². The van der Waals surface area contributed by atoms with Gasteiger partial charge in [0.25, 0.3) is 0 Å².